The van der Waals surface area contributed by atoms with Gasteiger partial charge in [-0.1, -0.05) is 24.3 Å². The largest absolute Gasteiger partial charge is 0.485 e. The fraction of sp³-hybridized carbons (Fsp3) is 0.412. The second-order valence-corrected chi connectivity index (χ2v) is 5.95. The van der Waals surface area contributed by atoms with Crippen molar-refractivity contribution in [3.63, 3.8) is 0 Å². The number of thiophene rings is 1. The van der Waals surface area contributed by atoms with Crippen LogP contribution in [-0.2, 0) is 6.42 Å². The maximum absolute atomic E-state index is 6.33. The molecule has 114 valence electrons. The lowest BCUT2D eigenvalue weighted by atomic mass is 10.1. The third-order valence-electron chi connectivity index (χ3n) is 3.40. The van der Waals surface area contributed by atoms with Crippen molar-refractivity contribution in [1.82, 2.24) is 10.6 Å². The second kappa shape index (κ2) is 8.82. The van der Waals surface area contributed by atoms with Crippen LogP contribution in [0.3, 0.4) is 0 Å². The Bertz CT molecular complexity index is 513. The Balaban J connectivity index is 2.12. The quantitative estimate of drug-likeness (QED) is 0.746. The predicted molar refractivity (Wildman–Crippen MR) is 90.3 cm³/mol. The van der Waals surface area contributed by atoms with E-state index in [9.17, 15) is 0 Å². The topological polar surface area (TPSA) is 33.3 Å². The highest BCUT2D eigenvalue weighted by molar-refractivity contribution is 7.10. The number of hydrogen-bond donors (Lipinski definition) is 2. The van der Waals surface area contributed by atoms with Crippen molar-refractivity contribution in [3.05, 3.63) is 52.2 Å². The van der Waals surface area contributed by atoms with Crippen molar-refractivity contribution in [3.8, 4) is 5.75 Å². The van der Waals surface area contributed by atoms with Gasteiger partial charge in [0.25, 0.3) is 0 Å². The van der Waals surface area contributed by atoms with Gasteiger partial charge in [0.05, 0.1) is 0 Å². The zero-order chi connectivity index (χ0) is 14.9. The van der Waals surface area contributed by atoms with Crippen LogP contribution in [0.4, 0.5) is 0 Å². The molecule has 0 aliphatic heterocycles. The standard InChI is InChI=1S/C17H24N2OS/c1-18-11-9-14-6-3-4-7-15(14)20-16(10-12-19-2)17-8-5-13-21-17/h3-8,13,16,18-19H,9-12H2,1-2H3. The molecule has 0 bridgehead atoms. The summed E-state index contributed by atoms with van der Waals surface area (Å²) < 4.78 is 6.33. The fourth-order valence-corrected chi connectivity index (χ4v) is 3.04. The minimum atomic E-state index is 0.119. The predicted octanol–water partition coefficient (Wildman–Crippen LogP) is 3.24. The van der Waals surface area contributed by atoms with Crippen molar-refractivity contribution < 1.29 is 4.74 Å². The van der Waals surface area contributed by atoms with Crippen LogP contribution in [0.5, 0.6) is 5.75 Å². The molecular formula is C17H24N2OS. The van der Waals surface area contributed by atoms with E-state index in [1.54, 1.807) is 11.3 Å². The van der Waals surface area contributed by atoms with Gasteiger partial charge < -0.3 is 15.4 Å². The molecule has 0 amide bonds. The first-order chi connectivity index (χ1) is 10.3. The summed E-state index contributed by atoms with van der Waals surface area (Å²) in [6, 6.07) is 12.6. The van der Waals surface area contributed by atoms with Crippen molar-refractivity contribution in [1.29, 1.82) is 0 Å². The van der Waals surface area contributed by atoms with E-state index in [0.29, 0.717) is 0 Å². The van der Waals surface area contributed by atoms with E-state index in [4.69, 9.17) is 4.74 Å². The van der Waals surface area contributed by atoms with Gasteiger partial charge in [0.15, 0.2) is 0 Å². The molecule has 0 aliphatic carbocycles. The molecule has 0 saturated heterocycles. The molecule has 2 aromatic rings. The van der Waals surface area contributed by atoms with Crippen molar-refractivity contribution in [2.45, 2.75) is 18.9 Å². The monoisotopic (exact) mass is 304 g/mol. The number of nitrogens with one attached hydrogen (secondary N) is 2. The molecular weight excluding hydrogens is 280 g/mol. The van der Waals surface area contributed by atoms with Crippen LogP contribution in [0.2, 0.25) is 0 Å². The zero-order valence-corrected chi connectivity index (χ0v) is 13.6. The molecule has 0 saturated carbocycles. The van der Waals surface area contributed by atoms with E-state index in [1.807, 2.05) is 20.2 Å². The van der Waals surface area contributed by atoms with Gasteiger partial charge in [0.1, 0.15) is 11.9 Å². The highest BCUT2D eigenvalue weighted by atomic mass is 32.1. The Hall–Kier alpha value is -1.36. The van der Waals surface area contributed by atoms with E-state index in [2.05, 4.69) is 46.3 Å². The summed E-state index contributed by atoms with van der Waals surface area (Å²) in [4.78, 5) is 1.29. The summed E-state index contributed by atoms with van der Waals surface area (Å²) in [6.07, 6.45) is 2.07. The highest BCUT2D eigenvalue weighted by Gasteiger charge is 2.15. The summed E-state index contributed by atoms with van der Waals surface area (Å²) in [5, 5.41) is 8.51. The molecule has 4 heteroatoms. The number of likely N-dealkylation sites (N-methyl/N-ethyl adjacent to an activating group) is 1. The van der Waals surface area contributed by atoms with Crippen LogP contribution < -0.4 is 15.4 Å². The molecule has 2 N–H and O–H groups in total. The van der Waals surface area contributed by atoms with E-state index in [1.165, 1.54) is 10.4 Å². The average molecular weight is 304 g/mol. The number of rotatable bonds is 9. The first kappa shape index (κ1) is 16.0. The molecule has 1 atom stereocenters. The van der Waals surface area contributed by atoms with E-state index < -0.39 is 0 Å². The molecule has 0 aliphatic rings. The lowest BCUT2D eigenvalue weighted by Gasteiger charge is -2.20. The molecule has 1 aromatic heterocycles. The highest BCUT2D eigenvalue weighted by Crippen LogP contribution is 2.30. The Morgan fingerprint density at radius 3 is 2.57 bits per heavy atom. The molecule has 1 unspecified atom stereocenters. The van der Waals surface area contributed by atoms with Crippen LogP contribution in [0.1, 0.15) is 23.0 Å². The van der Waals surface area contributed by atoms with Crippen LogP contribution in [0, 0.1) is 0 Å². The average Bonchev–Trinajstić information content (AvgIpc) is 3.04. The Morgan fingerprint density at radius 1 is 1.05 bits per heavy atom. The van der Waals surface area contributed by atoms with Crippen LogP contribution in [-0.4, -0.2) is 27.2 Å². The molecule has 1 heterocycles. The molecule has 2 rings (SSSR count). The second-order valence-electron chi connectivity index (χ2n) is 4.98. The third-order valence-corrected chi connectivity index (χ3v) is 4.37. The number of ether oxygens (including phenoxy) is 1. The minimum absolute atomic E-state index is 0.119. The summed E-state index contributed by atoms with van der Waals surface area (Å²) in [5.41, 5.74) is 1.26. The maximum Gasteiger partial charge on any atom is 0.134 e. The first-order valence-electron chi connectivity index (χ1n) is 7.42. The summed E-state index contributed by atoms with van der Waals surface area (Å²) >= 11 is 1.76. The lowest BCUT2D eigenvalue weighted by molar-refractivity contribution is 0.196. The first-order valence-corrected chi connectivity index (χ1v) is 8.30. The number of para-hydroxylation sites is 1. The van der Waals surface area contributed by atoms with Crippen molar-refractivity contribution in [2.24, 2.45) is 0 Å². The third kappa shape index (κ3) is 4.84. The zero-order valence-electron chi connectivity index (χ0n) is 12.8. The fourth-order valence-electron chi connectivity index (χ4n) is 2.25. The van der Waals surface area contributed by atoms with Crippen LogP contribution in [0.15, 0.2) is 41.8 Å². The summed E-state index contributed by atoms with van der Waals surface area (Å²) in [6.45, 7) is 1.90. The SMILES string of the molecule is CNCCc1ccccc1OC(CCNC)c1cccs1. The summed E-state index contributed by atoms with van der Waals surface area (Å²) in [5.74, 6) is 1.00. The van der Waals surface area contributed by atoms with Crippen molar-refractivity contribution >= 4 is 11.3 Å². The molecule has 3 nitrogen and oxygen atoms in total. The van der Waals surface area contributed by atoms with Gasteiger partial charge in [-0.15, -0.1) is 11.3 Å². The Morgan fingerprint density at radius 2 is 1.86 bits per heavy atom. The molecule has 0 fully saturated rings. The normalized spacial score (nSPS) is 12.3. The van der Waals surface area contributed by atoms with E-state index in [0.717, 1.165) is 31.7 Å². The number of hydrogen-bond acceptors (Lipinski definition) is 4. The summed E-state index contributed by atoms with van der Waals surface area (Å²) in [7, 11) is 3.96. The molecule has 21 heavy (non-hydrogen) atoms. The Kier molecular flexibility index (Phi) is 6.73. The van der Waals surface area contributed by atoms with Crippen LogP contribution in [0.25, 0.3) is 0 Å². The Labute approximate surface area is 131 Å². The van der Waals surface area contributed by atoms with Crippen molar-refractivity contribution in [2.75, 3.05) is 27.2 Å². The maximum atomic E-state index is 6.33. The van der Waals surface area contributed by atoms with E-state index in [-0.39, 0.29) is 6.10 Å². The minimum Gasteiger partial charge on any atom is -0.485 e. The van der Waals surface area contributed by atoms with Gasteiger partial charge in [-0.2, -0.15) is 0 Å². The van der Waals surface area contributed by atoms with Gasteiger partial charge in [0.2, 0.25) is 0 Å². The van der Waals surface area contributed by atoms with Gasteiger partial charge in [0, 0.05) is 11.3 Å². The van der Waals surface area contributed by atoms with Gasteiger partial charge >= 0.3 is 0 Å². The number of benzene rings is 1. The van der Waals surface area contributed by atoms with E-state index >= 15 is 0 Å². The van der Waals surface area contributed by atoms with Gasteiger partial charge in [-0.25, -0.2) is 0 Å². The van der Waals surface area contributed by atoms with Crippen LogP contribution >= 0.6 is 11.3 Å². The molecule has 0 spiro atoms. The smallest absolute Gasteiger partial charge is 0.134 e. The van der Waals surface area contributed by atoms with Gasteiger partial charge in [-0.05, 0) is 56.7 Å². The molecule has 0 radical (unpaired) electrons. The lowest BCUT2D eigenvalue weighted by Crippen LogP contribution is -2.16. The van der Waals surface area contributed by atoms with Gasteiger partial charge in [-0.3, -0.25) is 0 Å². The molecule has 1 aromatic carbocycles.